The summed E-state index contributed by atoms with van der Waals surface area (Å²) in [6.07, 6.45) is 1.97. The molecule has 0 aromatic heterocycles. The molecular weight excluding hydrogens is 216 g/mol. The van der Waals surface area contributed by atoms with Gasteiger partial charge >= 0.3 is 0 Å². The van der Waals surface area contributed by atoms with Crippen LogP contribution in [0.4, 0.5) is 5.69 Å². The van der Waals surface area contributed by atoms with Crippen molar-refractivity contribution >= 4 is 11.5 Å². The number of ether oxygens (including phenoxy) is 1. The van der Waals surface area contributed by atoms with Crippen LogP contribution in [0.1, 0.15) is 23.2 Å². The summed E-state index contributed by atoms with van der Waals surface area (Å²) in [6, 6.07) is 5.18. The molecule has 1 heterocycles. The summed E-state index contributed by atoms with van der Waals surface area (Å²) in [7, 11) is 3.56. The summed E-state index contributed by atoms with van der Waals surface area (Å²) in [5.74, 6) is 0.768. The maximum absolute atomic E-state index is 12.4. The molecule has 2 N–H and O–H groups in total. The van der Waals surface area contributed by atoms with E-state index < -0.39 is 0 Å². The van der Waals surface area contributed by atoms with Crippen LogP contribution in [0, 0.1) is 0 Å². The van der Waals surface area contributed by atoms with Crippen LogP contribution in [0.15, 0.2) is 18.2 Å². The molecule has 2 rings (SSSR count). The zero-order chi connectivity index (χ0) is 12.4. The number of hydrogen-bond acceptors (Lipinski definition) is 4. The van der Waals surface area contributed by atoms with Gasteiger partial charge in [-0.05, 0) is 44.6 Å². The van der Waals surface area contributed by atoms with E-state index in [9.17, 15) is 4.79 Å². The Bertz CT molecular complexity index is 431. The lowest BCUT2D eigenvalue weighted by Gasteiger charge is -2.19. The highest BCUT2D eigenvalue weighted by atomic mass is 16.5. The minimum absolute atomic E-state index is 0.0376. The molecule has 1 atom stereocenters. The van der Waals surface area contributed by atoms with Gasteiger partial charge in [-0.2, -0.15) is 0 Å². The van der Waals surface area contributed by atoms with Gasteiger partial charge in [0, 0.05) is 11.3 Å². The predicted molar refractivity (Wildman–Crippen MR) is 67.4 cm³/mol. The number of nitrogens with two attached hydrogens (primary N) is 1. The summed E-state index contributed by atoms with van der Waals surface area (Å²) >= 11 is 0. The topological polar surface area (TPSA) is 55.6 Å². The lowest BCUT2D eigenvalue weighted by Crippen LogP contribution is -2.33. The van der Waals surface area contributed by atoms with Crippen molar-refractivity contribution in [2.24, 2.45) is 0 Å². The highest BCUT2D eigenvalue weighted by Crippen LogP contribution is 2.25. The summed E-state index contributed by atoms with van der Waals surface area (Å²) < 4.78 is 5.13. The standard InChI is InChI=1S/C13H18N2O2/c1-15-7-3-4-12(15)13(16)10-8-9(17-2)5-6-11(10)14/h5-6,8,12H,3-4,7,14H2,1-2H3. The molecule has 92 valence electrons. The van der Waals surface area contributed by atoms with Crippen molar-refractivity contribution in [3.8, 4) is 5.75 Å². The number of benzene rings is 1. The zero-order valence-corrected chi connectivity index (χ0v) is 10.3. The normalized spacial score (nSPS) is 20.5. The minimum Gasteiger partial charge on any atom is -0.497 e. The van der Waals surface area contributed by atoms with Gasteiger partial charge in [-0.15, -0.1) is 0 Å². The number of carbonyl (C=O) groups excluding carboxylic acids is 1. The van der Waals surface area contributed by atoms with Gasteiger partial charge in [-0.3, -0.25) is 9.69 Å². The fraction of sp³-hybridized carbons (Fsp3) is 0.462. The van der Waals surface area contributed by atoms with Crippen LogP contribution in [-0.4, -0.2) is 37.4 Å². The highest BCUT2D eigenvalue weighted by Gasteiger charge is 2.29. The number of likely N-dealkylation sites (N-methyl/N-ethyl adjacent to an activating group) is 1. The van der Waals surface area contributed by atoms with Gasteiger partial charge in [-0.1, -0.05) is 0 Å². The smallest absolute Gasteiger partial charge is 0.182 e. The number of Topliss-reactive ketones (excluding diaryl/α,β-unsaturated/α-hetero) is 1. The Labute approximate surface area is 101 Å². The number of rotatable bonds is 3. The molecule has 0 radical (unpaired) electrons. The Kier molecular flexibility index (Phi) is 3.33. The van der Waals surface area contributed by atoms with E-state index in [4.69, 9.17) is 10.5 Å². The summed E-state index contributed by atoms with van der Waals surface area (Å²) in [4.78, 5) is 14.5. The average Bonchev–Trinajstić information content (AvgIpc) is 2.75. The van der Waals surface area contributed by atoms with Crippen LogP contribution in [0.5, 0.6) is 5.75 Å². The minimum atomic E-state index is -0.0376. The highest BCUT2D eigenvalue weighted by molar-refractivity contribution is 6.04. The Morgan fingerprint density at radius 2 is 2.29 bits per heavy atom. The molecule has 1 aromatic rings. The van der Waals surface area contributed by atoms with Crippen molar-refractivity contribution in [2.75, 3.05) is 26.4 Å². The van der Waals surface area contributed by atoms with Gasteiger partial charge in [-0.25, -0.2) is 0 Å². The first-order chi connectivity index (χ1) is 8.13. The van der Waals surface area contributed by atoms with Crippen molar-refractivity contribution < 1.29 is 9.53 Å². The molecule has 1 unspecified atom stereocenters. The van der Waals surface area contributed by atoms with E-state index in [-0.39, 0.29) is 11.8 Å². The summed E-state index contributed by atoms with van der Waals surface area (Å²) in [5, 5.41) is 0. The number of likely N-dealkylation sites (tertiary alicyclic amines) is 1. The summed E-state index contributed by atoms with van der Waals surface area (Å²) in [5.41, 5.74) is 6.96. The first-order valence-corrected chi connectivity index (χ1v) is 5.81. The third-order valence-electron chi connectivity index (χ3n) is 3.35. The number of nitrogens with zero attached hydrogens (tertiary/aromatic N) is 1. The number of nitrogen functional groups attached to an aromatic ring is 1. The van der Waals surface area contributed by atoms with Crippen LogP contribution in [-0.2, 0) is 0 Å². The van der Waals surface area contributed by atoms with Crippen molar-refractivity contribution in [1.82, 2.24) is 4.90 Å². The number of methoxy groups -OCH3 is 1. The second kappa shape index (κ2) is 4.75. The molecule has 1 aliphatic rings. The van der Waals surface area contributed by atoms with Gasteiger partial charge < -0.3 is 10.5 Å². The monoisotopic (exact) mass is 234 g/mol. The molecule has 0 bridgehead atoms. The quantitative estimate of drug-likeness (QED) is 0.637. The molecule has 4 heteroatoms. The number of carbonyl (C=O) groups is 1. The summed E-state index contributed by atoms with van der Waals surface area (Å²) in [6.45, 7) is 0.972. The molecule has 1 aliphatic heterocycles. The van der Waals surface area contributed by atoms with Gasteiger partial charge in [0.2, 0.25) is 0 Å². The zero-order valence-electron chi connectivity index (χ0n) is 10.3. The Morgan fingerprint density at radius 1 is 1.53 bits per heavy atom. The molecule has 0 saturated carbocycles. The fourth-order valence-corrected chi connectivity index (χ4v) is 2.30. The molecule has 4 nitrogen and oxygen atoms in total. The number of ketones is 1. The van der Waals surface area contributed by atoms with Crippen molar-refractivity contribution in [3.63, 3.8) is 0 Å². The molecule has 1 saturated heterocycles. The molecule has 1 fully saturated rings. The van der Waals surface area contributed by atoms with Crippen LogP contribution in [0.3, 0.4) is 0 Å². The largest absolute Gasteiger partial charge is 0.497 e. The Hall–Kier alpha value is -1.55. The number of hydrogen-bond donors (Lipinski definition) is 1. The van der Waals surface area contributed by atoms with E-state index in [1.807, 2.05) is 7.05 Å². The van der Waals surface area contributed by atoms with E-state index >= 15 is 0 Å². The van der Waals surface area contributed by atoms with E-state index in [1.165, 1.54) is 0 Å². The van der Waals surface area contributed by atoms with Gasteiger partial charge in [0.05, 0.1) is 13.2 Å². The van der Waals surface area contributed by atoms with Crippen molar-refractivity contribution in [1.29, 1.82) is 0 Å². The van der Waals surface area contributed by atoms with Crippen LogP contribution < -0.4 is 10.5 Å². The van der Waals surface area contributed by atoms with Crippen LogP contribution in [0.25, 0.3) is 0 Å². The fourth-order valence-electron chi connectivity index (χ4n) is 2.30. The van der Waals surface area contributed by atoms with Gasteiger partial charge in [0.15, 0.2) is 5.78 Å². The first-order valence-electron chi connectivity index (χ1n) is 5.81. The van der Waals surface area contributed by atoms with Crippen LogP contribution >= 0.6 is 0 Å². The lowest BCUT2D eigenvalue weighted by molar-refractivity contribution is 0.0891. The van der Waals surface area contributed by atoms with E-state index in [1.54, 1.807) is 25.3 Å². The van der Waals surface area contributed by atoms with Crippen molar-refractivity contribution in [3.05, 3.63) is 23.8 Å². The van der Waals surface area contributed by atoms with Gasteiger partial charge in [0.1, 0.15) is 5.75 Å². The van der Waals surface area contributed by atoms with E-state index in [0.29, 0.717) is 17.0 Å². The average molecular weight is 234 g/mol. The second-order valence-corrected chi connectivity index (χ2v) is 4.46. The molecule has 0 spiro atoms. The Morgan fingerprint density at radius 3 is 2.88 bits per heavy atom. The third kappa shape index (κ3) is 2.26. The van der Waals surface area contributed by atoms with E-state index in [0.717, 1.165) is 19.4 Å². The van der Waals surface area contributed by atoms with E-state index in [2.05, 4.69) is 4.90 Å². The second-order valence-electron chi connectivity index (χ2n) is 4.46. The SMILES string of the molecule is COc1ccc(N)c(C(=O)C2CCCN2C)c1. The third-order valence-corrected chi connectivity index (χ3v) is 3.35. The van der Waals surface area contributed by atoms with Gasteiger partial charge in [0.25, 0.3) is 0 Å². The lowest BCUT2D eigenvalue weighted by atomic mass is 10.0. The molecule has 0 aliphatic carbocycles. The number of anilines is 1. The predicted octanol–water partition coefficient (Wildman–Crippen LogP) is 1.55. The van der Waals surface area contributed by atoms with Crippen molar-refractivity contribution in [2.45, 2.75) is 18.9 Å². The molecule has 1 aromatic carbocycles. The first kappa shape index (κ1) is 11.9. The molecular formula is C13H18N2O2. The maximum Gasteiger partial charge on any atom is 0.182 e. The molecule has 17 heavy (non-hydrogen) atoms. The Balaban J connectivity index is 2.29. The molecule has 0 amide bonds. The van der Waals surface area contributed by atoms with Crippen LogP contribution in [0.2, 0.25) is 0 Å². The maximum atomic E-state index is 12.4.